The predicted molar refractivity (Wildman–Crippen MR) is 60.1 cm³/mol. The fraction of sp³-hybridized carbons (Fsp3) is 0.364. The minimum atomic E-state index is -0.766. The van der Waals surface area contributed by atoms with Crippen molar-refractivity contribution in [2.24, 2.45) is 0 Å². The number of amides is 1. The number of morpholine rings is 1. The van der Waals surface area contributed by atoms with Crippen LogP contribution >= 0.6 is 0 Å². The highest BCUT2D eigenvalue weighted by Gasteiger charge is 2.22. The van der Waals surface area contributed by atoms with Gasteiger partial charge in [0.05, 0.1) is 18.5 Å². The monoisotopic (exact) mass is 250 g/mol. The van der Waals surface area contributed by atoms with Crippen LogP contribution in [0.4, 0.5) is 10.1 Å². The molecule has 1 aromatic rings. The number of hydrogen-bond donors (Lipinski definition) is 2. The van der Waals surface area contributed by atoms with E-state index in [1.54, 1.807) is 6.07 Å². The lowest BCUT2D eigenvalue weighted by Crippen LogP contribution is -2.45. The number of nitrogens with one attached hydrogen (secondary N) is 2. The van der Waals surface area contributed by atoms with Crippen LogP contribution in [0, 0.1) is 17.1 Å². The van der Waals surface area contributed by atoms with Crippen LogP contribution in [-0.2, 0) is 9.53 Å². The molecule has 0 saturated carbocycles. The number of nitrogens with zero attached hydrogens (tertiary/aromatic N) is 2. The third-order valence-electron chi connectivity index (χ3n) is 2.43. The van der Waals surface area contributed by atoms with Crippen LogP contribution in [0.5, 0.6) is 0 Å². The summed E-state index contributed by atoms with van der Waals surface area (Å²) in [7, 11) is 0. The largest absolute Gasteiger partial charge is 0.366 e. The number of hydrogen-bond acceptors (Lipinski definition) is 5. The summed E-state index contributed by atoms with van der Waals surface area (Å²) in [6.07, 6.45) is 0.632. The van der Waals surface area contributed by atoms with E-state index in [9.17, 15) is 9.18 Å². The van der Waals surface area contributed by atoms with Crippen molar-refractivity contribution in [3.8, 4) is 6.07 Å². The van der Waals surface area contributed by atoms with E-state index in [4.69, 9.17) is 10.00 Å². The first kappa shape index (κ1) is 12.4. The molecule has 1 unspecified atom stereocenters. The Morgan fingerprint density at radius 2 is 2.56 bits per heavy atom. The summed E-state index contributed by atoms with van der Waals surface area (Å²) < 4.78 is 18.5. The average Bonchev–Trinajstić information content (AvgIpc) is 2.40. The molecular formula is C11H11FN4O2. The van der Waals surface area contributed by atoms with Crippen molar-refractivity contribution in [3.63, 3.8) is 0 Å². The lowest BCUT2D eigenvalue weighted by molar-refractivity contribution is -0.128. The Morgan fingerprint density at radius 3 is 3.17 bits per heavy atom. The van der Waals surface area contributed by atoms with Gasteiger partial charge in [0.25, 0.3) is 5.91 Å². The molecule has 0 spiro atoms. The van der Waals surface area contributed by atoms with Crippen molar-refractivity contribution in [1.82, 2.24) is 10.3 Å². The summed E-state index contributed by atoms with van der Waals surface area (Å²) >= 11 is 0. The van der Waals surface area contributed by atoms with E-state index in [0.29, 0.717) is 19.7 Å². The van der Waals surface area contributed by atoms with Gasteiger partial charge in [-0.3, -0.25) is 4.79 Å². The molecule has 7 heteroatoms. The molecule has 0 aliphatic carbocycles. The van der Waals surface area contributed by atoms with Crippen molar-refractivity contribution >= 4 is 11.6 Å². The third kappa shape index (κ3) is 2.80. The van der Waals surface area contributed by atoms with Crippen LogP contribution in [0.25, 0.3) is 0 Å². The number of carbonyl (C=O) groups is 1. The standard InChI is InChI=1S/C11H11FN4O2/c12-8-3-7(5-15-9(8)4-13)16-11(17)10-6-14-1-2-18-10/h3,5,10,14H,1-2,6H2,(H,16,17). The summed E-state index contributed by atoms with van der Waals surface area (Å²) in [5.74, 6) is -1.13. The van der Waals surface area contributed by atoms with Gasteiger partial charge >= 0.3 is 0 Å². The number of halogens is 1. The first-order chi connectivity index (χ1) is 8.70. The summed E-state index contributed by atoms with van der Waals surface area (Å²) in [6, 6.07) is 2.66. The van der Waals surface area contributed by atoms with E-state index < -0.39 is 11.9 Å². The van der Waals surface area contributed by atoms with Crippen LogP contribution in [0.1, 0.15) is 5.69 Å². The van der Waals surface area contributed by atoms with Gasteiger partial charge in [-0.1, -0.05) is 0 Å². The quantitative estimate of drug-likeness (QED) is 0.772. The number of pyridine rings is 1. The topological polar surface area (TPSA) is 87.0 Å². The molecule has 1 amide bonds. The number of ether oxygens (including phenoxy) is 1. The highest BCUT2D eigenvalue weighted by molar-refractivity contribution is 5.94. The van der Waals surface area contributed by atoms with Gasteiger partial charge in [0.2, 0.25) is 0 Å². The fourth-order valence-corrected chi connectivity index (χ4v) is 1.55. The summed E-state index contributed by atoms with van der Waals surface area (Å²) in [6.45, 7) is 1.58. The molecule has 2 N–H and O–H groups in total. The predicted octanol–water partition coefficient (Wildman–Crippen LogP) is 0.0193. The second-order valence-corrected chi connectivity index (χ2v) is 3.72. The maximum absolute atomic E-state index is 13.3. The Balaban J connectivity index is 2.02. The first-order valence-corrected chi connectivity index (χ1v) is 5.39. The molecule has 0 aromatic carbocycles. The zero-order valence-electron chi connectivity index (χ0n) is 9.44. The minimum Gasteiger partial charge on any atom is -0.366 e. The smallest absolute Gasteiger partial charge is 0.254 e. The van der Waals surface area contributed by atoms with E-state index in [1.807, 2.05) is 0 Å². The Bertz CT molecular complexity index is 494. The summed E-state index contributed by atoms with van der Waals surface area (Å²) in [4.78, 5) is 15.3. The van der Waals surface area contributed by atoms with Gasteiger partial charge in [-0.2, -0.15) is 5.26 Å². The zero-order valence-corrected chi connectivity index (χ0v) is 9.44. The maximum Gasteiger partial charge on any atom is 0.254 e. The minimum absolute atomic E-state index is 0.200. The molecule has 2 heterocycles. The molecular weight excluding hydrogens is 239 g/mol. The number of carbonyl (C=O) groups excluding carboxylic acids is 1. The van der Waals surface area contributed by atoms with Gasteiger partial charge in [0, 0.05) is 19.2 Å². The molecule has 1 saturated heterocycles. The average molecular weight is 250 g/mol. The Kier molecular flexibility index (Phi) is 3.82. The van der Waals surface area contributed by atoms with E-state index in [-0.39, 0.29) is 17.3 Å². The highest BCUT2D eigenvalue weighted by Crippen LogP contribution is 2.11. The van der Waals surface area contributed by atoms with Crippen molar-refractivity contribution in [1.29, 1.82) is 5.26 Å². The Labute approximate surface area is 103 Å². The molecule has 18 heavy (non-hydrogen) atoms. The summed E-state index contributed by atoms with van der Waals surface area (Å²) in [5, 5.41) is 14.0. The van der Waals surface area contributed by atoms with E-state index in [0.717, 1.165) is 6.07 Å². The SMILES string of the molecule is N#Cc1ncc(NC(=O)C2CNCCO2)cc1F. The molecule has 1 aliphatic rings. The zero-order chi connectivity index (χ0) is 13.0. The molecule has 1 atom stereocenters. The number of aromatic nitrogens is 1. The number of nitriles is 1. The normalized spacial score (nSPS) is 19.0. The first-order valence-electron chi connectivity index (χ1n) is 5.39. The van der Waals surface area contributed by atoms with Crippen molar-refractivity contribution in [2.75, 3.05) is 25.0 Å². The molecule has 6 nitrogen and oxygen atoms in total. The van der Waals surface area contributed by atoms with Gasteiger partial charge in [-0.05, 0) is 0 Å². The molecule has 1 fully saturated rings. The van der Waals surface area contributed by atoms with Crippen molar-refractivity contribution in [2.45, 2.75) is 6.10 Å². The third-order valence-corrected chi connectivity index (χ3v) is 2.43. The molecule has 2 rings (SSSR count). The van der Waals surface area contributed by atoms with Crippen LogP contribution in [0.3, 0.4) is 0 Å². The van der Waals surface area contributed by atoms with Crippen LogP contribution in [0.2, 0.25) is 0 Å². The fourth-order valence-electron chi connectivity index (χ4n) is 1.55. The maximum atomic E-state index is 13.3. The molecule has 0 radical (unpaired) electrons. The van der Waals surface area contributed by atoms with Gasteiger partial charge < -0.3 is 15.4 Å². The van der Waals surface area contributed by atoms with Gasteiger partial charge in [-0.25, -0.2) is 9.37 Å². The lowest BCUT2D eigenvalue weighted by atomic mass is 10.2. The van der Waals surface area contributed by atoms with E-state index >= 15 is 0 Å². The van der Waals surface area contributed by atoms with Crippen LogP contribution in [-0.4, -0.2) is 36.7 Å². The van der Waals surface area contributed by atoms with Crippen LogP contribution < -0.4 is 10.6 Å². The van der Waals surface area contributed by atoms with Crippen molar-refractivity contribution in [3.05, 3.63) is 23.8 Å². The molecule has 1 aromatic heterocycles. The molecule has 0 bridgehead atoms. The molecule has 94 valence electrons. The van der Waals surface area contributed by atoms with Gasteiger partial charge in [-0.15, -0.1) is 0 Å². The Morgan fingerprint density at radius 1 is 1.72 bits per heavy atom. The highest BCUT2D eigenvalue weighted by atomic mass is 19.1. The Hall–Kier alpha value is -2.04. The second kappa shape index (κ2) is 5.53. The van der Waals surface area contributed by atoms with E-state index in [2.05, 4.69) is 15.6 Å². The van der Waals surface area contributed by atoms with Crippen LogP contribution in [0.15, 0.2) is 12.3 Å². The van der Waals surface area contributed by atoms with Crippen molar-refractivity contribution < 1.29 is 13.9 Å². The van der Waals surface area contributed by atoms with Gasteiger partial charge in [0.1, 0.15) is 12.2 Å². The lowest BCUT2D eigenvalue weighted by Gasteiger charge is -2.22. The molecule has 1 aliphatic heterocycles. The second-order valence-electron chi connectivity index (χ2n) is 3.72. The summed E-state index contributed by atoms with van der Waals surface area (Å²) in [5.41, 5.74) is -0.103. The number of rotatable bonds is 2. The van der Waals surface area contributed by atoms with E-state index in [1.165, 1.54) is 6.20 Å². The van der Waals surface area contributed by atoms with Gasteiger partial charge in [0.15, 0.2) is 11.5 Å². The number of anilines is 1.